The van der Waals surface area contributed by atoms with Crippen molar-refractivity contribution in [2.45, 2.75) is 19.0 Å². The summed E-state index contributed by atoms with van der Waals surface area (Å²) in [6.45, 7) is 1.66. The summed E-state index contributed by atoms with van der Waals surface area (Å²) < 4.78 is 17.8. The Hall–Kier alpha value is -3.92. The van der Waals surface area contributed by atoms with Crippen molar-refractivity contribution in [2.24, 2.45) is 0 Å². The Balaban J connectivity index is 1.70. The minimum absolute atomic E-state index is 0.213. The SMILES string of the molecule is COCCn1nnnc1[C@H](c1cc2cc(OC)c(OC)cc2[nH]c1=O)N1CCc2ccccc21. The highest BCUT2D eigenvalue weighted by Gasteiger charge is 2.34. The molecule has 34 heavy (non-hydrogen) atoms. The number of methoxy groups -OCH3 is 3. The highest BCUT2D eigenvalue weighted by atomic mass is 16.5. The van der Waals surface area contributed by atoms with Gasteiger partial charge in [0.2, 0.25) is 0 Å². The molecule has 2 aromatic heterocycles. The Kier molecular flexibility index (Phi) is 5.89. The number of aromatic amines is 1. The molecule has 0 spiro atoms. The van der Waals surface area contributed by atoms with Gasteiger partial charge in [0.05, 0.1) is 32.9 Å². The number of para-hydroxylation sites is 1. The number of hydrogen-bond donors (Lipinski definition) is 1. The lowest BCUT2D eigenvalue weighted by atomic mass is 10.0. The van der Waals surface area contributed by atoms with Crippen LogP contribution in [0.4, 0.5) is 5.69 Å². The zero-order chi connectivity index (χ0) is 23.7. The third-order valence-electron chi connectivity index (χ3n) is 6.22. The fourth-order valence-electron chi connectivity index (χ4n) is 4.58. The van der Waals surface area contributed by atoms with Gasteiger partial charge in [0.1, 0.15) is 6.04 Å². The lowest BCUT2D eigenvalue weighted by Crippen LogP contribution is -2.34. The number of benzene rings is 2. The molecule has 10 heteroatoms. The number of anilines is 1. The summed E-state index contributed by atoms with van der Waals surface area (Å²) in [4.78, 5) is 18.7. The van der Waals surface area contributed by atoms with Gasteiger partial charge in [-0.05, 0) is 40.6 Å². The smallest absolute Gasteiger partial charge is 0.254 e. The van der Waals surface area contributed by atoms with E-state index in [1.165, 1.54) is 5.56 Å². The molecule has 0 saturated carbocycles. The summed E-state index contributed by atoms with van der Waals surface area (Å²) in [5.74, 6) is 1.71. The molecule has 0 amide bonds. The molecule has 0 aliphatic carbocycles. The van der Waals surface area contributed by atoms with Gasteiger partial charge in [0.15, 0.2) is 17.3 Å². The van der Waals surface area contributed by atoms with Crippen LogP contribution >= 0.6 is 0 Å². The standard InChI is InChI=1S/C24H26N6O4/c1-32-11-10-30-23(26-27-28-30)22(29-9-8-15-6-4-5-7-19(15)29)17-12-16-13-20(33-2)21(34-3)14-18(16)25-24(17)31/h4-7,12-14,22H,8-11H2,1-3H3,(H,25,31)/t22-/m0/s1. The molecule has 0 saturated heterocycles. The van der Waals surface area contributed by atoms with E-state index in [4.69, 9.17) is 14.2 Å². The average Bonchev–Trinajstić information content (AvgIpc) is 3.50. The number of nitrogens with one attached hydrogen (secondary N) is 1. The van der Waals surface area contributed by atoms with E-state index in [-0.39, 0.29) is 5.56 Å². The molecule has 0 bridgehead atoms. The highest BCUT2D eigenvalue weighted by Crippen LogP contribution is 2.38. The molecule has 0 unspecified atom stereocenters. The van der Waals surface area contributed by atoms with Crippen molar-refractivity contribution < 1.29 is 14.2 Å². The summed E-state index contributed by atoms with van der Waals surface area (Å²) in [6.07, 6.45) is 0.878. The van der Waals surface area contributed by atoms with E-state index < -0.39 is 6.04 Å². The Morgan fingerprint density at radius 2 is 1.88 bits per heavy atom. The molecule has 1 N–H and O–H groups in total. The molecule has 2 aromatic carbocycles. The minimum atomic E-state index is -0.489. The van der Waals surface area contributed by atoms with Gasteiger partial charge in [-0.1, -0.05) is 18.2 Å². The molecular weight excluding hydrogens is 436 g/mol. The van der Waals surface area contributed by atoms with Gasteiger partial charge in [-0.2, -0.15) is 0 Å². The number of pyridine rings is 1. The lowest BCUT2D eigenvalue weighted by Gasteiger charge is -2.29. The van der Waals surface area contributed by atoms with Crippen LogP contribution in [0.3, 0.4) is 0 Å². The third kappa shape index (κ3) is 3.75. The van der Waals surface area contributed by atoms with Crippen LogP contribution in [0, 0.1) is 0 Å². The van der Waals surface area contributed by atoms with Gasteiger partial charge in [0, 0.05) is 36.4 Å². The first-order valence-corrected chi connectivity index (χ1v) is 11.0. The molecule has 4 aromatic rings. The van der Waals surface area contributed by atoms with Crippen LogP contribution in [-0.2, 0) is 17.7 Å². The first kappa shape index (κ1) is 21.9. The topological polar surface area (TPSA) is 107 Å². The van der Waals surface area contributed by atoms with Gasteiger partial charge in [-0.25, -0.2) is 4.68 Å². The lowest BCUT2D eigenvalue weighted by molar-refractivity contribution is 0.181. The van der Waals surface area contributed by atoms with Gasteiger partial charge >= 0.3 is 0 Å². The van der Waals surface area contributed by atoms with Gasteiger partial charge in [0.25, 0.3) is 5.56 Å². The van der Waals surface area contributed by atoms with Gasteiger partial charge < -0.3 is 24.1 Å². The monoisotopic (exact) mass is 462 g/mol. The number of nitrogens with zero attached hydrogens (tertiary/aromatic N) is 5. The van der Waals surface area contributed by atoms with Gasteiger partial charge in [-0.15, -0.1) is 5.10 Å². The van der Waals surface area contributed by atoms with Crippen LogP contribution in [-0.4, -0.2) is 59.7 Å². The Labute approximate surface area is 196 Å². The second-order valence-electron chi connectivity index (χ2n) is 8.08. The molecule has 176 valence electrons. The highest BCUT2D eigenvalue weighted by molar-refractivity contribution is 5.83. The van der Waals surface area contributed by atoms with Crippen molar-refractivity contribution in [1.82, 2.24) is 25.2 Å². The number of tetrazole rings is 1. The van der Waals surface area contributed by atoms with Crippen molar-refractivity contribution in [3.05, 3.63) is 69.8 Å². The summed E-state index contributed by atoms with van der Waals surface area (Å²) in [6, 6.07) is 13.2. The molecule has 0 fully saturated rings. The fourth-order valence-corrected chi connectivity index (χ4v) is 4.58. The average molecular weight is 463 g/mol. The van der Waals surface area contributed by atoms with Crippen molar-refractivity contribution in [3.63, 3.8) is 0 Å². The quantitative estimate of drug-likeness (QED) is 0.425. The molecule has 0 radical (unpaired) electrons. The van der Waals surface area contributed by atoms with E-state index in [1.54, 1.807) is 32.1 Å². The van der Waals surface area contributed by atoms with Crippen LogP contribution < -0.4 is 19.9 Å². The fraction of sp³-hybridized carbons (Fsp3) is 0.333. The number of H-pyrrole nitrogens is 1. The van der Waals surface area contributed by atoms with E-state index in [9.17, 15) is 4.79 Å². The molecular formula is C24H26N6O4. The second kappa shape index (κ2) is 9.14. The van der Waals surface area contributed by atoms with E-state index in [0.29, 0.717) is 41.6 Å². The summed E-state index contributed by atoms with van der Waals surface area (Å²) >= 11 is 0. The maximum Gasteiger partial charge on any atom is 0.254 e. The normalized spacial score (nSPS) is 13.8. The predicted molar refractivity (Wildman–Crippen MR) is 127 cm³/mol. The predicted octanol–water partition coefficient (Wildman–Crippen LogP) is 2.33. The van der Waals surface area contributed by atoms with Crippen LogP contribution in [0.2, 0.25) is 0 Å². The maximum atomic E-state index is 13.5. The van der Waals surface area contributed by atoms with E-state index >= 15 is 0 Å². The zero-order valence-electron chi connectivity index (χ0n) is 19.3. The number of rotatable bonds is 8. The largest absolute Gasteiger partial charge is 0.493 e. The van der Waals surface area contributed by atoms with Crippen molar-refractivity contribution in [1.29, 1.82) is 0 Å². The number of aromatic nitrogens is 5. The number of hydrogen-bond acceptors (Lipinski definition) is 8. The van der Waals surface area contributed by atoms with E-state index in [1.807, 2.05) is 24.3 Å². The summed E-state index contributed by atoms with van der Waals surface area (Å²) in [7, 11) is 4.79. The Morgan fingerprint density at radius 3 is 2.68 bits per heavy atom. The van der Waals surface area contributed by atoms with Crippen LogP contribution in [0.5, 0.6) is 11.5 Å². The van der Waals surface area contributed by atoms with Crippen LogP contribution in [0.15, 0.2) is 47.3 Å². The number of ether oxygens (including phenoxy) is 3. The van der Waals surface area contributed by atoms with Crippen molar-refractivity contribution in [3.8, 4) is 11.5 Å². The van der Waals surface area contributed by atoms with Gasteiger partial charge in [-0.3, -0.25) is 4.79 Å². The first-order chi connectivity index (χ1) is 16.6. The summed E-state index contributed by atoms with van der Waals surface area (Å²) in [5, 5.41) is 13.3. The molecule has 1 atom stereocenters. The second-order valence-corrected chi connectivity index (χ2v) is 8.08. The van der Waals surface area contributed by atoms with Crippen LogP contribution in [0.1, 0.15) is 23.0 Å². The zero-order valence-corrected chi connectivity index (χ0v) is 19.3. The molecule has 5 rings (SSSR count). The van der Waals surface area contributed by atoms with E-state index in [0.717, 1.165) is 24.0 Å². The molecule has 1 aliphatic rings. The van der Waals surface area contributed by atoms with Crippen LogP contribution in [0.25, 0.3) is 10.9 Å². The molecule has 1 aliphatic heterocycles. The maximum absolute atomic E-state index is 13.5. The minimum Gasteiger partial charge on any atom is -0.493 e. The first-order valence-electron chi connectivity index (χ1n) is 11.0. The van der Waals surface area contributed by atoms with Crippen molar-refractivity contribution in [2.75, 3.05) is 39.4 Å². The summed E-state index contributed by atoms with van der Waals surface area (Å²) in [5.41, 5.74) is 3.29. The third-order valence-corrected chi connectivity index (χ3v) is 6.22. The molecule has 3 heterocycles. The molecule has 10 nitrogen and oxygen atoms in total. The Bertz CT molecular complexity index is 1380. The van der Waals surface area contributed by atoms with Crippen molar-refractivity contribution >= 4 is 16.6 Å². The van der Waals surface area contributed by atoms with E-state index in [2.05, 4.69) is 37.5 Å². The number of fused-ring (bicyclic) bond motifs is 2. The Morgan fingerprint density at radius 1 is 1.09 bits per heavy atom.